The maximum absolute atomic E-state index is 12.1. The van der Waals surface area contributed by atoms with Gasteiger partial charge in [-0.3, -0.25) is 4.79 Å². The van der Waals surface area contributed by atoms with Gasteiger partial charge in [0.25, 0.3) is 0 Å². The molecule has 1 amide bonds. The molecular weight excluding hydrogens is 332 g/mol. The summed E-state index contributed by atoms with van der Waals surface area (Å²) in [6.45, 7) is 2.20. The molecule has 1 aromatic carbocycles. The van der Waals surface area contributed by atoms with E-state index in [0.29, 0.717) is 10.2 Å². The molecule has 1 heterocycles. The maximum Gasteiger partial charge on any atom is 0.241 e. The van der Waals surface area contributed by atoms with Gasteiger partial charge in [0, 0.05) is 11.0 Å². The van der Waals surface area contributed by atoms with Crippen LogP contribution in [-0.2, 0) is 14.6 Å². The van der Waals surface area contributed by atoms with E-state index in [2.05, 4.69) is 21.2 Å². The third-order valence-corrected chi connectivity index (χ3v) is 5.30. The summed E-state index contributed by atoms with van der Waals surface area (Å²) in [7, 11) is -1.63. The first-order valence-electron chi connectivity index (χ1n) is 5.84. The average Bonchev–Trinajstić information content (AvgIpc) is 2.30. The van der Waals surface area contributed by atoms with Crippen molar-refractivity contribution >= 4 is 37.4 Å². The van der Waals surface area contributed by atoms with Crippen molar-refractivity contribution in [1.82, 2.24) is 5.32 Å². The molecule has 1 aliphatic heterocycles. The van der Waals surface area contributed by atoms with Gasteiger partial charge in [0.1, 0.15) is 0 Å². The van der Waals surface area contributed by atoms with Gasteiger partial charge in [-0.15, -0.1) is 0 Å². The monoisotopic (exact) mass is 346 g/mol. The van der Waals surface area contributed by atoms with Gasteiger partial charge in [-0.2, -0.15) is 0 Å². The molecule has 7 heteroatoms. The minimum absolute atomic E-state index is 0.0364. The van der Waals surface area contributed by atoms with Gasteiger partial charge in [-0.25, -0.2) is 8.42 Å². The number of anilines is 1. The normalized spacial score (nSPS) is 17.1. The Bertz CT molecular complexity index is 628. The van der Waals surface area contributed by atoms with Crippen molar-refractivity contribution in [2.45, 2.75) is 11.8 Å². The summed E-state index contributed by atoms with van der Waals surface area (Å²) < 4.78 is 24.9. The summed E-state index contributed by atoms with van der Waals surface area (Å²) in [4.78, 5) is 13.8. The quantitative estimate of drug-likeness (QED) is 0.870. The van der Waals surface area contributed by atoms with Crippen LogP contribution in [-0.4, -0.2) is 40.2 Å². The highest BCUT2D eigenvalue weighted by atomic mass is 79.9. The molecule has 2 rings (SSSR count). The molecule has 1 aliphatic rings. The van der Waals surface area contributed by atoms with Gasteiger partial charge in [0.15, 0.2) is 9.84 Å². The predicted molar refractivity (Wildman–Crippen MR) is 77.2 cm³/mol. The van der Waals surface area contributed by atoms with Gasteiger partial charge in [-0.1, -0.05) is 0 Å². The Balaban J connectivity index is 2.61. The number of hydrogen-bond acceptors (Lipinski definition) is 4. The lowest BCUT2D eigenvalue weighted by molar-refractivity contribution is -0.117. The SMILES string of the molecule is CNCC(=O)N1CCS(=O)(=O)c2cc(C)cc(Br)c21. The summed E-state index contributed by atoms with van der Waals surface area (Å²) >= 11 is 3.37. The Morgan fingerprint density at radius 3 is 2.79 bits per heavy atom. The van der Waals surface area contributed by atoms with Crippen LogP contribution >= 0.6 is 15.9 Å². The van der Waals surface area contributed by atoms with E-state index in [1.165, 1.54) is 4.90 Å². The van der Waals surface area contributed by atoms with E-state index in [0.717, 1.165) is 5.56 Å². The van der Waals surface area contributed by atoms with Gasteiger partial charge in [0.2, 0.25) is 5.91 Å². The number of halogens is 1. The third-order valence-electron chi connectivity index (χ3n) is 2.99. The fraction of sp³-hybridized carbons (Fsp3) is 0.417. The largest absolute Gasteiger partial charge is 0.311 e. The van der Waals surface area contributed by atoms with Crippen molar-refractivity contribution in [1.29, 1.82) is 0 Å². The van der Waals surface area contributed by atoms with Crippen molar-refractivity contribution in [2.75, 3.05) is 30.8 Å². The molecule has 19 heavy (non-hydrogen) atoms. The maximum atomic E-state index is 12.1. The molecule has 0 aliphatic carbocycles. The van der Waals surface area contributed by atoms with Crippen LogP contribution in [0.5, 0.6) is 0 Å². The minimum atomic E-state index is -3.31. The number of aryl methyl sites for hydroxylation is 1. The number of rotatable bonds is 2. The second-order valence-electron chi connectivity index (χ2n) is 4.49. The highest BCUT2D eigenvalue weighted by Crippen LogP contribution is 2.38. The number of carbonyl (C=O) groups is 1. The van der Waals surface area contributed by atoms with Crippen LogP contribution in [0.2, 0.25) is 0 Å². The first-order valence-corrected chi connectivity index (χ1v) is 8.29. The number of likely N-dealkylation sites (N-methyl/N-ethyl adjacent to an activating group) is 1. The molecule has 0 aromatic heterocycles. The van der Waals surface area contributed by atoms with Crippen molar-refractivity contribution in [3.63, 3.8) is 0 Å². The Labute approximate surface area is 121 Å². The molecule has 0 unspecified atom stereocenters. The Morgan fingerprint density at radius 1 is 1.47 bits per heavy atom. The van der Waals surface area contributed by atoms with Gasteiger partial charge in [-0.05, 0) is 47.6 Å². The molecule has 0 bridgehead atoms. The van der Waals surface area contributed by atoms with Gasteiger partial charge in [0.05, 0.1) is 22.9 Å². The number of nitrogens with zero attached hydrogens (tertiary/aromatic N) is 1. The summed E-state index contributed by atoms with van der Waals surface area (Å²) in [6, 6.07) is 3.44. The van der Waals surface area contributed by atoms with Crippen molar-refractivity contribution in [3.8, 4) is 0 Å². The van der Waals surface area contributed by atoms with E-state index in [-0.39, 0.29) is 29.6 Å². The summed E-state index contributed by atoms with van der Waals surface area (Å²) in [6.07, 6.45) is 0. The zero-order valence-corrected chi connectivity index (χ0v) is 13.1. The molecule has 104 valence electrons. The predicted octanol–water partition coefficient (Wildman–Crippen LogP) is 1.10. The van der Waals surface area contributed by atoms with Gasteiger partial charge < -0.3 is 10.2 Å². The van der Waals surface area contributed by atoms with Crippen LogP contribution in [0.3, 0.4) is 0 Å². The van der Waals surface area contributed by atoms with Crippen LogP contribution in [0.25, 0.3) is 0 Å². The number of amides is 1. The zero-order chi connectivity index (χ0) is 14.2. The van der Waals surface area contributed by atoms with E-state index >= 15 is 0 Å². The average molecular weight is 347 g/mol. The number of sulfone groups is 1. The Hall–Kier alpha value is -0.920. The van der Waals surface area contributed by atoms with Crippen LogP contribution in [0, 0.1) is 6.92 Å². The Morgan fingerprint density at radius 2 is 2.16 bits per heavy atom. The molecule has 0 saturated heterocycles. The summed E-state index contributed by atoms with van der Waals surface area (Å²) in [5, 5.41) is 2.79. The van der Waals surface area contributed by atoms with Crippen molar-refractivity contribution < 1.29 is 13.2 Å². The van der Waals surface area contributed by atoms with Crippen molar-refractivity contribution in [3.05, 3.63) is 22.2 Å². The molecular formula is C12H15BrN2O3S. The lowest BCUT2D eigenvalue weighted by Gasteiger charge is -2.30. The number of fused-ring (bicyclic) bond motifs is 1. The summed E-state index contributed by atoms with van der Waals surface area (Å²) in [5.74, 6) is -0.172. The highest BCUT2D eigenvalue weighted by molar-refractivity contribution is 9.10. The molecule has 0 saturated carbocycles. The standard InChI is InChI=1S/C12H15BrN2O3S/c1-8-5-9(13)12-10(6-8)19(17,18)4-3-15(12)11(16)7-14-2/h5-6,14H,3-4,7H2,1-2H3. The minimum Gasteiger partial charge on any atom is -0.311 e. The molecule has 5 nitrogen and oxygen atoms in total. The Kier molecular flexibility index (Phi) is 3.98. The van der Waals surface area contributed by atoms with E-state index in [1.54, 1.807) is 13.1 Å². The van der Waals surface area contributed by atoms with Gasteiger partial charge >= 0.3 is 0 Å². The van der Waals surface area contributed by atoms with E-state index in [9.17, 15) is 13.2 Å². The molecule has 0 radical (unpaired) electrons. The first-order chi connectivity index (χ1) is 8.86. The first kappa shape index (κ1) is 14.5. The van der Waals surface area contributed by atoms with Crippen LogP contribution in [0.1, 0.15) is 5.56 Å². The molecule has 0 spiro atoms. The number of carbonyl (C=O) groups excluding carboxylic acids is 1. The van der Waals surface area contributed by atoms with Crippen LogP contribution in [0.15, 0.2) is 21.5 Å². The fourth-order valence-corrected chi connectivity index (χ4v) is 4.57. The smallest absolute Gasteiger partial charge is 0.241 e. The fourth-order valence-electron chi connectivity index (χ4n) is 2.13. The molecule has 0 atom stereocenters. The second kappa shape index (κ2) is 5.22. The molecule has 1 N–H and O–H groups in total. The lowest BCUT2D eigenvalue weighted by atomic mass is 10.2. The number of hydrogen-bond donors (Lipinski definition) is 1. The number of benzene rings is 1. The van der Waals surface area contributed by atoms with E-state index in [1.807, 2.05) is 13.0 Å². The third kappa shape index (κ3) is 2.68. The van der Waals surface area contributed by atoms with E-state index in [4.69, 9.17) is 0 Å². The van der Waals surface area contributed by atoms with Crippen LogP contribution < -0.4 is 10.2 Å². The zero-order valence-electron chi connectivity index (χ0n) is 10.7. The summed E-state index contributed by atoms with van der Waals surface area (Å²) in [5.41, 5.74) is 1.30. The highest BCUT2D eigenvalue weighted by Gasteiger charge is 2.33. The van der Waals surface area contributed by atoms with E-state index < -0.39 is 9.84 Å². The molecule has 1 aromatic rings. The second-order valence-corrected chi connectivity index (χ2v) is 7.42. The number of nitrogens with one attached hydrogen (secondary N) is 1. The topological polar surface area (TPSA) is 66.5 Å². The van der Waals surface area contributed by atoms with Crippen molar-refractivity contribution in [2.24, 2.45) is 0 Å². The van der Waals surface area contributed by atoms with Crippen LogP contribution in [0.4, 0.5) is 5.69 Å². The molecule has 0 fully saturated rings. The lowest BCUT2D eigenvalue weighted by Crippen LogP contribution is -2.43.